The van der Waals surface area contributed by atoms with Crippen molar-refractivity contribution < 1.29 is 119 Å². The molecule has 9 aliphatic rings. The molecule has 24 heteroatoms. The van der Waals surface area contributed by atoms with Gasteiger partial charge in [-0.15, -0.1) is 0 Å². The number of aliphatic hydroxyl groups is 15. The van der Waals surface area contributed by atoms with Crippen LogP contribution in [-0.4, -0.2) is 244 Å². The van der Waals surface area contributed by atoms with Crippen LogP contribution in [0.2, 0.25) is 0 Å². The molecule has 4 aliphatic heterocycles. The Morgan fingerprint density at radius 3 is 1.77 bits per heavy atom. The van der Waals surface area contributed by atoms with Gasteiger partial charge in [0.2, 0.25) is 6.29 Å². The van der Waals surface area contributed by atoms with Crippen LogP contribution in [0.5, 0.6) is 0 Å². The number of allylic oxidation sites excluding steroid dienone is 2. The van der Waals surface area contributed by atoms with Gasteiger partial charge in [0.05, 0.1) is 50.3 Å². The topological polar surface area (TPSA) is 394 Å². The first kappa shape index (κ1) is 60.9. The van der Waals surface area contributed by atoms with Gasteiger partial charge >= 0.3 is 5.97 Å². The van der Waals surface area contributed by atoms with E-state index in [4.69, 9.17) is 37.9 Å². The van der Waals surface area contributed by atoms with Gasteiger partial charge in [0.15, 0.2) is 25.0 Å². The van der Waals surface area contributed by atoms with E-state index in [0.29, 0.717) is 32.1 Å². The molecule has 0 bridgehead atoms. The largest absolute Gasteiger partial charge is 0.432 e. The van der Waals surface area contributed by atoms with Crippen LogP contribution >= 0.6 is 0 Å². The van der Waals surface area contributed by atoms with E-state index in [0.717, 1.165) is 5.57 Å². The smallest absolute Gasteiger partial charge is 0.317 e. The SMILES string of the molecule is CC1OC(OC2C(OC(=O)C34CCC(C)(C)CC3C3=CCC5C6(C)CC(O)C(OC7OC(C)C(O)C(O)C7O)C(C)(CO)C6CCC5(C)C3(C)CC4O)OC(COC3OC(CO)C(O)C(O)C3O)C(O)C2O)C(O)C(O)C1O. The fourth-order valence-electron chi connectivity index (χ4n) is 16.5. The molecule has 0 aromatic heterocycles. The molecule has 9 rings (SSSR count). The second-order valence-electron chi connectivity index (χ2n) is 26.4. The second kappa shape index (κ2) is 21.8. The quantitative estimate of drug-likeness (QED) is 0.0555. The Bertz CT molecular complexity index is 2170. The maximum Gasteiger partial charge on any atom is 0.317 e. The lowest BCUT2D eigenvalue weighted by molar-refractivity contribution is -0.366. The summed E-state index contributed by atoms with van der Waals surface area (Å²) in [6, 6.07) is 0. The van der Waals surface area contributed by atoms with Gasteiger partial charge in [-0.3, -0.25) is 4.79 Å². The molecule has 8 fully saturated rings. The molecule has 0 aromatic carbocycles. The Morgan fingerprint density at radius 1 is 0.603 bits per heavy atom. The summed E-state index contributed by atoms with van der Waals surface area (Å²) in [6.07, 6.45) is -31.1. The minimum Gasteiger partial charge on any atom is -0.432 e. The highest BCUT2D eigenvalue weighted by Crippen LogP contribution is 2.76. The van der Waals surface area contributed by atoms with Gasteiger partial charge in [0.25, 0.3) is 0 Å². The van der Waals surface area contributed by atoms with Crippen molar-refractivity contribution in [2.24, 2.45) is 50.2 Å². The number of fused-ring (bicyclic) bond motifs is 7. The van der Waals surface area contributed by atoms with E-state index in [1.165, 1.54) is 13.8 Å². The third-order valence-electron chi connectivity index (χ3n) is 21.4. The van der Waals surface area contributed by atoms with Gasteiger partial charge < -0.3 is 114 Å². The van der Waals surface area contributed by atoms with Crippen molar-refractivity contribution in [3.8, 4) is 0 Å². The van der Waals surface area contributed by atoms with Gasteiger partial charge in [0, 0.05) is 5.41 Å². The first-order valence-electron chi connectivity index (χ1n) is 27.9. The van der Waals surface area contributed by atoms with Gasteiger partial charge in [-0.2, -0.15) is 0 Å². The van der Waals surface area contributed by atoms with E-state index in [2.05, 4.69) is 40.7 Å². The first-order chi connectivity index (χ1) is 36.4. The van der Waals surface area contributed by atoms with Crippen LogP contribution in [0, 0.1) is 50.2 Å². The van der Waals surface area contributed by atoms with Crippen molar-refractivity contribution in [3.05, 3.63) is 11.6 Å². The standard InChI is InChI=1S/C54H88O24/c1-21-31(59)35(63)40(68)45(72-21)76-42-38(66)34(62)27(19-71-44-39(67)37(65)33(61)26(18-55)74-44)75-47(42)78-48(70)54-14-13-49(3,4)15-24(54)23-9-10-29-50(5)16-25(57)43(77-46-41(69)36(64)32(60)22(2)73-46)51(6,20-56)28(50)11-12-52(29,7)53(23,8)17-30(54)58/h9,21-22,24-47,55-69H,10-20H2,1-8H3. The zero-order valence-electron chi connectivity index (χ0n) is 45.7. The lowest BCUT2D eigenvalue weighted by Crippen LogP contribution is -2.70. The van der Waals surface area contributed by atoms with Crippen molar-refractivity contribution in [3.63, 3.8) is 0 Å². The number of rotatable bonds is 11. The molecule has 448 valence electrons. The third-order valence-corrected chi connectivity index (χ3v) is 21.4. The molecule has 4 saturated heterocycles. The summed E-state index contributed by atoms with van der Waals surface area (Å²) in [6.45, 7) is 13.6. The molecule has 4 saturated carbocycles. The van der Waals surface area contributed by atoms with Crippen LogP contribution in [0.15, 0.2) is 11.6 Å². The van der Waals surface area contributed by atoms with Crippen molar-refractivity contribution in [2.75, 3.05) is 19.8 Å². The van der Waals surface area contributed by atoms with Gasteiger partial charge in [0.1, 0.15) is 84.8 Å². The molecule has 0 aromatic rings. The summed E-state index contributed by atoms with van der Waals surface area (Å²) in [5.74, 6) is -1.94. The predicted molar refractivity (Wildman–Crippen MR) is 264 cm³/mol. The third kappa shape index (κ3) is 9.57. The zero-order chi connectivity index (χ0) is 57.3. The van der Waals surface area contributed by atoms with Gasteiger partial charge in [-0.05, 0) is 105 Å². The molecule has 15 N–H and O–H groups in total. The highest BCUT2D eigenvalue weighted by Gasteiger charge is 2.73. The Hall–Kier alpha value is -1.67. The number of aliphatic hydroxyl groups excluding tert-OH is 15. The lowest BCUT2D eigenvalue weighted by Gasteiger charge is -2.72. The van der Waals surface area contributed by atoms with E-state index in [-0.39, 0.29) is 36.5 Å². The Balaban J connectivity index is 1.02. The molecule has 31 unspecified atom stereocenters. The number of carbonyl (C=O) groups is 1. The van der Waals surface area contributed by atoms with Crippen LogP contribution in [0.1, 0.15) is 107 Å². The van der Waals surface area contributed by atoms with Crippen molar-refractivity contribution in [2.45, 2.75) is 248 Å². The summed E-state index contributed by atoms with van der Waals surface area (Å²) in [7, 11) is 0. The fourth-order valence-corrected chi connectivity index (χ4v) is 16.5. The predicted octanol–water partition coefficient (Wildman–Crippen LogP) is -3.07. The van der Waals surface area contributed by atoms with Gasteiger partial charge in [-0.25, -0.2) is 0 Å². The molecule has 4 heterocycles. The fraction of sp³-hybridized carbons (Fsp3) is 0.944. The second-order valence-corrected chi connectivity index (χ2v) is 26.4. The van der Waals surface area contributed by atoms with E-state index in [9.17, 15) is 76.6 Å². The normalized spacial score (nSPS) is 56.1. The number of carbonyl (C=O) groups excluding carboxylic acids is 1. The molecule has 78 heavy (non-hydrogen) atoms. The van der Waals surface area contributed by atoms with Crippen molar-refractivity contribution >= 4 is 5.97 Å². The number of hydrogen-bond acceptors (Lipinski definition) is 24. The monoisotopic (exact) mass is 1120 g/mol. The summed E-state index contributed by atoms with van der Waals surface area (Å²) in [4.78, 5) is 15.6. The Morgan fingerprint density at radius 2 is 1.17 bits per heavy atom. The van der Waals surface area contributed by atoms with Crippen LogP contribution in [0.4, 0.5) is 0 Å². The van der Waals surface area contributed by atoms with Crippen LogP contribution < -0.4 is 0 Å². The minimum atomic E-state index is -2.02. The van der Waals surface area contributed by atoms with E-state index in [1.54, 1.807) is 0 Å². The van der Waals surface area contributed by atoms with E-state index >= 15 is 4.79 Å². The highest BCUT2D eigenvalue weighted by molar-refractivity contribution is 5.80. The summed E-state index contributed by atoms with van der Waals surface area (Å²) < 4.78 is 47.6. The molecular weight excluding hydrogens is 1030 g/mol. The Labute approximate surface area is 453 Å². The number of hydrogen-bond donors (Lipinski definition) is 15. The number of esters is 1. The van der Waals surface area contributed by atoms with E-state index < -0.39 is 200 Å². The lowest BCUT2D eigenvalue weighted by atomic mass is 9.33. The van der Waals surface area contributed by atoms with Crippen molar-refractivity contribution in [1.29, 1.82) is 0 Å². The Kier molecular flexibility index (Phi) is 17.0. The summed E-state index contributed by atoms with van der Waals surface area (Å²) in [5.41, 5.74) is -4.08. The van der Waals surface area contributed by atoms with Crippen LogP contribution in [0.25, 0.3) is 0 Å². The maximum absolute atomic E-state index is 15.6. The molecule has 0 spiro atoms. The summed E-state index contributed by atoms with van der Waals surface area (Å²) in [5, 5.41) is 165. The average Bonchev–Trinajstić information content (AvgIpc) is 3.33. The zero-order valence-corrected chi connectivity index (χ0v) is 45.7. The number of ether oxygens (including phenoxy) is 8. The summed E-state index contributed by atoms with van der Waals surface area (Å²) >= 11 is 0. The van der Waals surface area contributed by atoms with Gasteiger partial charge in [-0.1, -0.05) is 53.2 Å². The van der Waals surface area contributed by atoms with Crippen LogP contribution in [-0.2, 0) is 42.7 Å². The molecule has 5 aliphatic carbocycles. The van der Waals surface area contributed by atoms with Crippen molar-refractivity contribution in [1.82, 2.24) is 0 Å². The molecule has 0 radical (unpaired) electrons. The average molecular weight is 1120 g/mol. The maximum atomic E-state index is 15.6. The molecule has 24 nitrogen and oxygen atoms in total. The van der Waals surface area contributed by atoms with Crippen LogP contribution in [0.3, 0.4) is 0 Å². The molecule has 0 amide bonds. The minimum absolute atomic E-state index is 0.0933. The highest BCUT2D eigenvalue weighted by atomic mass is 16.8. The molecule has 31 atom stereocenters. The molecular formula is C54H88O24. The first-order valence-corrected chi connectivity index (χ1v) is 27.9. The van der Waals surface area contributed by atoms with E-state index in [1.807, 2.05) is 6.92 Å².